The first-order valence-corrected chi connectivity index (χ1v) is 9.76. The van der Waals surface area contributed by atoms with Crippen molar-refractivity contribution < 1.29 is 9.15 Å². The lowest BCUT2D eigenvalue weighted by molar-refractivity contribution is 0.0930. The zero-order valence-electron chi connectivity index (χ0n) is 16.5. The number of nitrogens with one attached hydrogen (secondary N) is 2. The normalized spacial score (nSPS) is 11.1. The molecule has 3 heterocycles. The van der Waals surface area contributed by atoms with E-state index in [2.05, 4.69) is 20.4 Å². The number of fused-ring (bicyclic) bond motifs is 1. The van der Waals surface area contributed by atoms with Crippen LogP contribution in [0.3, 0.4) is 0 Å². The van der Waals surface area contributed by atoms with Crippen molar-refractivity contribution in [2.75, 3.05) is 5.32 Å². The number of rotatable bonds is 7. The second-order valence-corrected chi connectivity index (χ2v) is 6.94. The molecule has 154 valence electrons. The summed E-state index contributed by atoms with van der Waals surface area (Å²) in [6.07, 6.45) is 3.15. The number of hydrogen-bond donors (Lipinski definition) is 2. The predicted molar refractivity (Wildman–Crippen MR) is 116 cm³/mol. The van der Waals surface area contributed by atoms with Crippen LogP contribution in [0.4, 0.5) is 11.6 Å². The Labute approximate surface area is 177 Å². The van der Waals surface area contributed by atoms with Crippen LogP contribution in [-0.2, 0) is 18.0 Å². The Hall–Kier alpha value is -4.17. The summed E-state index contributed by atoms with van der Waals surface area (Å²) in [5, 5.41) is 7.92. The van der Waals surface area contributed by atoms with Crippen LogP contribution in [0.25, 0.3) is 16.7 Å². The zero-order valence-corrected chi connectivity index (χ0v) is 16.5. The number of benzene rings is 2. The van der Waals surface area contributed by atoms with Gasteiger partial charge < -0.3 is 14.5 Å². The van der Waals surface area contributed by atoms with Crippen molar-refractivity contribution in [3.05, 3.63) is 101 Å². The van der Waals surface area contributed by atoms with Gasteiger partial charge in [-0.25, -0.2) is 4.68 Å². The monoisotopic (exact) mass is 413 g/mol. The van der Waals surface area contributed by atoms with Crippen molar-refractivity contribution >= 4 is 22.7 Å². The molecule has 0 spiro atoms. The van der Waals surface area contributed by atoms with E-state index in [-0.39, 0.29) is 5.56 Å². The first-order chi connectivity index (χ1) is 15.3. The molecule has 0 saturated heterocycles. The fourth-order valence-electron chi connectivity index (χ4n) is 3.28. The standard InChI is InChI=1S/C23H19N5O3/c29-22-20-13-24-28(18-8-2-1-3-9-18)21(20)26-23(27-22)25-17-7-4-6-16(12-17)14-30-15-19-10-5-11-31-19/h1-13H,14-15H2,(H2,25,26,27,29). The maximum atomic E-state index is 12.5. The predicted octanol–water partition coefficient (Wildman–Crippen LogP) is 4.16. The molecule has 8 heteroatoms. The first kappa shape index (κ1) is 18.8. The molecule has 5 rings (SSSR count). The van der Waals surface area contributed by atoms with Gasteiger partial charge in [-0.3, -0.25) is 9.78 Å². The van der Waals surface area contributed by atoms with E-state index in [1.807, 2.05) is 66.7 Å². The number of para-hydroxylation sites is 1. The lowest BCUT2D eigenvalue weighted by atomic mass is 10.2. The van der Waals surface area contributed by atoms with Crippen LogP contribution in [-0.4, -0.2) is 19.7 Å². The van der Waals surface area contributed by atoms with E-state index in [9.17, 15) is 4.79 Å². The van der Waals surface area contributed by atoms with Crippen LogP contribution in [0.15, 0.2) is 88.4 Å². The lowest BCUT2D eigenvalue weighted by Crippen LogP contribution is -2.11. The quantitative estimate of drug-likeness (QED) is 0.416. The van der Waals surface area contributed by atoms with Crippen LogP contribution in [0.2, 0.25) is 0 Å². The van der Waals surface area contributed by atoms with E-state index >= 15 is 0 Å². The summed E-state index contributed by atoms with van der Waals surface area (Å²) in [5.41, 5.74) is 2.82. The molecule has 0 aliphatic carbocycles. The van der Waals surface area contributed by atoms with Crippen LogP contribution in [0, 0.1) is 0 Å². The van der Waals surface area contributed by atoms with E-state index in [0.29, 0.717) is 30.2 Å². The fourth-order valence-corrected chi connectivity index (χ4v) is 3.28. The van der Waals surface area contributed by atoms with Crippen molar-refractivity contribution in [3.63, 3.8) is 0 Å². The summed E-state index contributed by atoms with van der Waals surface area (Å²) >= 11 is 0. The highest BCUT2D eigenvalue weighted by Crippen LogP contribution is 2.18. The summed E-state index contributed by atoms with van der Waals surface area (Å²) in [4.78, 5) is 19.9. The number of ether oxygens (including phenoxy) is 1. The van der Waals surface area contributed by atoms with Crippen molar-refractivity contribution in [2.24, 2.45) is 0 Å². The number of aromatic nitrogens is 4. The molecule has 5 aromatic rings. The average Bonchev–Trinajstić information content (AvgIpc) is 3.45. The van der Waals surface area contributed by atoms with E-state index in [4.69, 9.17) is 9.15 Å². The number of hydrogen-bond acceptors (Lipinski definition) is 6. The van der Waals surface area contributed by atoms with Gasteiger partial charge in [-0.05, 0) is 42.0 Å². The summed E-state index contributed by atoms with van der Waals surface area (Å²) < 4.78 is 12.6. The highest BCUT2D eigenvalue weighted by molar-refractivity contribution is 5.76. The maximum Gasteiger partial charge on any atom is 0.263 e. The van der Waals surface area contributed by atoms with Gasteiger partial charge in [0.2, 0.25) is 5.95 Å². The molecule has 0 aliphatic heterocycles. The van der Waals surface area contributed by atoms with E-state index in [1.165, 1.54) is 6.20 Å². The van der Waals surface area contributed by atoms with Gasteiger partial charge in [0.05, 0.1) is 24.8 Å². The van der Waals surface area contributed by atoms with Crippen molar-refractivity contribution in [2.45, 2.75) is 13.2 Å². The Kier molecular flexibility index (Phi) is 5.04. The third-order valence-corrected chi connectivity index (χ3v) is 4.72. The fraction of sp³-hybridized carbons (Fsp3) is 0.0870. The highest BCUT2D eigenvalue weighted by atomic mass is 16.5. The summed E-state index contributed by atoms with van der Waals surface area (Å²) in [5.74, 6) is 1.11. The molecule has 2 N–H and O–H groups in total. The van der Waals surface area contributed by atoms with Gasteiger partial charge >= 0.3 is 0 Å². The zero-order chi connectivity index (χ0) is 21.0. The van der Waals surface area contributed by atoms with Crippen LogP contribution in [0.5, 0.6) is 0 Å². The number of furan rings is 1. The highest BCUT2D eigenvalue weighted by Gasteiger charge is 2.11. The van der Waals surface area contributed by atoms with Crippen molar-refractivity contribution in [1.82, 2.24) is 19.7 Å². The Bertz CT molecular complexity index is 1360. The summed E-state index contributed by atoms with van der Waals surface area (Å²) in [7, 11) is 0. The Morgan fingerprint density at radius 1 is 1.03 bits per heavy atom. The summed E-state index contributed by atoms with van der Waals surface area (Å²) in [6.45, 7) is 0.833. The van der Waals surface area contributed by atoms with Crippen molar-refractivity contribution in [1.29, 1.82) is 0 Å². The minimum atomic E-state index is -0.257. The molecule has 2 aromatic carbocycles. The van der Waals surface area contributed by atoms with Gasteiger partial charge in [-0.2, -0.15) is 10.1 Å². The van der Waals surface area contributed by atoms with Crippen molar-refractivity contribution in [3.8, 4) is 5.69 Å². The second kappa shape index (κ2) is 8.29. The molecule has 0 radical (unpaired) electrons. The molecular formula is C23H19N5O3. The summed E-state index contributed by atoms with van der Waals surface area (Å²) in [6, 6.07) is 21.0. The molecule has 0 atom stereocenters. The van der Waals surface area contributed by atoms with Crippen LogP contribution < -0.4 is 10.9 Å². The number of H-pyrrole nitrogens is 1. The van der Waals surface area contributed by atoms with Gasteiger partial charge in [-0.1, -0.05) is 30.3 Å². The maximum absolute atomic E-state index is 12.5. The van der Waals surface area contributed by atoms with Crippen LogP contribution >= 0.6 is 0 Å². The molecule has 31 heavy (non-hydrogen) atoms. The SMILES string of the molecule is O=c1[nH]c(Nc2cccc(COCc3ccco3)c2)nc2c1cnn2-c1ccccc1. The Morgan fingerprint density at radius 3 is 2.77 bits per heavy atom. The Morgan fingerprint density at radius 2 is 1.94 bits per heavy atom. The molecule has 3 aromatic heterocycles. The van der Waals surface area contributed by atoms with Gasteiger partial charge in [0.1, 0.15) is 17.8 Å². The van der Waals surface area contributed by atoms with Gasteiger partial charge in [0.25, 0.3) is 5.56 Å². The average molecular weight is 413 g/mol. The minimum Gasteiger partial charge on any atom is -0.467 e. The largest absolute Gasteiger partial charge is 0.467 e. The molecule has 8 nitrogen and oxygen atoms in total. The molecule has 0 amide bonds. The second-order valence-electron chi connectivity index (χ2n) is 6.94. The van der Waals surface area contributed by atoms with E-state index < -0.39 is 0 Å². The van der Waals surface area contributed by atoms with E-state index in [0.717, 1.165) is 22.7 Å². The van der Waals surface area contributed by atoms with E-state index in [1.54, 1.807) is 10.9 Å². The molecule has 0 bridgehead atoms. The third kappa shape index (κ3) is 4.10. The molecule has 0 unspecified atom stereocenters. The number of nitrogens with zero attached hydrogens (tertiary/aromatic N) is 3. The molecular weight excluding hydrogens is 394 g/mol. The minimum absolute atomic E-state index is 0.257. The molecule has 0 saturated carbocycles. The third-order valence-electron chi connectivity index (χ3n) is 4.72. The number of anilines is 2. The topological polar surface area (TPSA) is 98.0 Å². The number of aromatic amines is 1. The smallest absolute Gasteiger partial charge is 0.263 e. The molecule has 0 fully saturated rings. The van der Waals surface area contributed by atoms with Gasteiger partial charge in [-0.15, -0.1) is 0 Å². The van der Waals surface area contributed by atoms with Gasteiger partial charge in [0.15, 0.2) is 5.65 Å². The Balaban J connectivity index is 1.37. The lowest BCUT2D eigenvalue weighted by Gasteiger charge is -2.09. The molecule has 0 aliphatic rings. The van der Waals surface area contributed by atoms with Crippen LogP contribution in [0.1, 0.15) is 11.3 Å². The van der Waals surface area contributed by atoms with Gasteiger partial charge in [0, 0.05) is 5.69 Å². The first-order valence-electron chi connectivity index (χ1n) is 9.76.